The second-order valence-corrected chi connectivity index (χ2v) is 5.61. The zero-order valence-electron chi connectivity index (χ0n) is 11.4. The minimum atomic E-state index is -0.953. The second kappa shape index (κ2) is 6.24. The van der Waals surface area contributed by atoms with Crippen LogP contribution in [0.15, 0.2) is 39.2 Å². The largest absolute Gasteiger partial charge is 0.478 e. The molecule has 0 bridgehead atoms. The van der Waals surface area contributed by atoms with Gasteiger partial charge in [0.1, 0.15) is 17.1 Å². The van der Waals surface area contributed by atoms with E-state index in [1.165, 1.54) is 5.56 Å². The Morgan fingerprint density at radius 1 is 1.35 bits per heavy atom. The Balaban J connectivity index is 2.05. The van der Waals surface area contributed by atoms with Crippen LogP contribution in [0.1, 0.15) is 27.4 Å². The third-order valence-electron chi connectivity index (χ3n) is 3.02. The summed E-state index contributed by atoms with van der Waals surface area (Å²) in [7, 11) is 1.97. The van der Waals surface area contributed by atoms with Gasteiger partial charge >= 0.3 is 5.97 Å². The van der Waals surface area contributed by atoms with Crippen molar-refractivity contribution >= 4 is 21.9 Å². The quantitative estimate of drug-likeness (QED) is 0.904. The third kappa shape index (κ3) is 3.49. The predicted molar refractivity (Wildman–Crippen MR) is 79.7 cm³/mol. The van der Waals surface area contributed by atoms with Crippen molar-refractivity contribution in [3.8, 4) is 0 Å². The van der Waals surface area contributed by atoms with E-state index in [9.17, 15) is 4.79 Å². The van der Waals surface area contributed by atoms with Crippen molar-refractivity contribution in [3.05, 3.63) is 57.5 Å². The number of carboxylic acid groups (broad SMARTS) is 1. The molecule has 1 aromatic carbocycles. The van der Waals surface area contributed by atoms with Crippen LogP contribution in [0.2, 0.25) is 0 Å². The summed E-state index contributed by atoms with van der Waals surface area (Å²) in [6, 6.07) is 9.61. The van der Waals surface area contributed by atoms with Crippen molar-refractivity contribution in [2.45, 2.75) is 20.0 Å². The van der Waals surface area contributed by atoms with Crippen molar-refractivity contribution < 1.29 is 14.3 Å². The Kier molecular flexibility index (Phi) is 4.62. The molecule has 0 aliphatic heterocycles. The molecule has 0 aliphatic rings. The van der Waals surface area contributed by atoms with Crippen molar-refractivity contribution in [2.24, 2.45) is 0 Å². The van der Waals surface area contributed by atoms with Gasteiger partial charge in [-0.2, -0.15) is 0 Å². The monoisotopic (exact) mass is 337 g/mol. The van der Waals surface area contributed by atoms with E-state index in [-0.39, 0.29) is 5.56 Å². The first kappa shape index (κ1) is 14.8. The van der Waals surface area contributed by atoms with Gasteiger partial charge in [0.15, 0.2) is 0 Å². The number of hydrogen-bond donors (Lipinski definition) is 1. The maximum atomic E-state index is 11.0. The summed E-state index contributed by atoms with van der Waals surface area (Å²) >= 11 is 3.52. The Hall–Kier alpha value is -1.59. The fourth-order valence-electron chi connectivity index (χ4n) is 2.07. The van der Waals surface area contributed by atoms with Gasteiger partial charge in [0, 0.05) is 11.0 Å². The van der Waals surface area contributed by atoms with E-state index in [0.717, 1.165) is 11.0 Å². The highest BCUT2D eigenvalue weighted by atomic mass is 79.9. The number of carbonyl (C=O) groups is 1. The van der Waals surface area contributed by atoms with Crippen LogP contribution in [0.5, 0.6) is 0 Å². The zero-order valence-corrected chi connectivity index (χ0v) is 13.0. The number of nitrogens with zero attached hydrogens (tertiary/aromatic N) is 1. The van der Waals surface area contributed by atoms with E-state index in [4.69, 9.17) is 9.52 Å². The van der Waals surface area contributed by atoms with Crippen LogP contribution in [0.4, 0.5) is 0 Å². The highest BCUT2D eigenvalue weighted by Crippen LogP contribution is 2.20. The fraction of sp³-hybridized carbons (Fsp3) is 0.267. The molecule has 2 aromatic rings. The normalized spacial score (nSPS) is 11.0. The molecule has 0 spiro atoms. The van der Waals surface area contributed by atoms with Crippen LogP contribution in [-0.2, 0) is 13.1 Å². The summed E-state index contributed by atoms with van der Waals surface area (Å²) in [6.45, 7) is 2.99. The SMILES string of the molecule is Cc1oc(CN(C)Cc2ccccc2Br)cc1C(=O)O. The summed E-state index contributed by atoms with van der Waals surface area (Å²) in [5, 5.41) is 9.00. The Morgan fingerprint density at radius 3 is 2.65 bits per heavy atom. The summed E-state index contributed by atoms with van der Waals surface area (Å²) in [5.74, 6) is 0.155. The maximum Gasteiger partial charge on any atom is 0.339 e. The van der Waals surface area contributed by atoms with Crippen molar-refractivity contribution in [1.82, 2.24) is 4.90 Å². The Morgan fingerprint density at radius 2 is 2.05 bits per heavy atom. The lowest BCUT2D eigenvalue weighted by Gasteiger charge is -2.16. The van der Waals surface area contributed by atoms with Crippen LogP contribution in [0, 0.1) is 6.92 Å². The van der Waals surface area contributed by atoms with Gasteiger partial charge in [-0.05, 0) is 31.7 Å². The molecule has 4 nitrogen and oxygen atoms in total. The lowest BCUT2D eigenvalue weighted by Crippen LogP contribution is -2.17. The average molecular weight is 338 g/mol. The Labute approximate surface area is 126 Å². The number of carboxylic acids is 1. The molecular weight excluding hydrogens is 322 g/mol. The maximum absolute atomic E-state index is 11.0. The minimum Gasteiger partial charge on any atom is -0.478 e. The third-order valence-corrected chi connectivity index (χ3v) is 3.80. The van der Waals surface area contributed by atoms with Gasteiger partial charge in [0.2, 0.25) is 0 Å². The van der Waals surface area contributed by atoms with Gasteiger partial charge in [-0.15, -0.1) is 0 Å². The number of hydrogen-bond acceptors (Lipinski definition) is 3. The summed E-state index contributed by atoms with van der Waals surface area (Å²) in [4.78, 5) is 13.1. The van der Waals surface area contributed by atoms with E-state index in [1.54, 1.807) is 13.0 Å². The van der Waals surface area contributed by atoms with E-state index in [1.807, 2.05) is 25.2 Å². The standard InChI is InChI=1S/C15H16BrNO3/c1-10-13(15(18)19)7-12(20-10)9-17(2)8-11-5-3-4-6-14(11)16/h3-7H,8-9H2,1-2H3,(H,18,19). The number of furan rings is 1. The molecule has 0 saturated carbocycles. The number of rotatable bonds is 5. The summed E-state index contributed by atoms with van der Waals surface area (Å²) < 4.78 is 6.54. The molecule has 2 rings (SSSR count). The molecule has 106 valence electrons. The van der Waals surface area contributed by atoms with Gasteiger partial charge in [-0.3, -0.25) is 4.90 Å². The molecule has 1 aromatic heterocycles. The minimum absolute atomic E-state index is 0.231. The van der Waals surface area contributed by atoms with E-state index in [2.05, 4.69) is 26.9 Å². The number of halogens is 1. The molecule has 0 amide bonds. The van der Waals surface area contributed by atoms with E-state index < -0.39 is 5.97 Å². The number of benzene rings is 1. The molecular formula is C15H16BrNO3. The van der Waals surface area contributed by atoms with Crippen molar-refractivity contribution in [1.29, 1.82) is 0 Å². The summed E-state index contributed by atoms with van der Waals surface area (Å²) in [5.41, 5.74) is 1.41. The van der Waals surface area contributed by atoms with E-state index in [0.29, 0.717) is 18.1 Å². The number of aryl methyl sites for hydroxylation is 1. The van der Waals surface area contributed by atoms with Gasteiger partial charge < -0.3 is 9.52 Å². The lowest BCUT2D eigenvalue weighted by atomic mass is 10.2. The van der Waals surface area contributed by atoms with Crippen LogP contribution in [-0.4, -0.2) is 23.0 Å². The highest BCUT2D eigenvalue weighted by Gasteiger charge is 2.15. The molecule has 1 N–H and O–H groups in total. The molecule has 0 fully saturated rings. The first-order valence-corrected chi connectivity index (χ1v) is 7.01. The van der Waals surface area contributed by atoms with Crippen LogP contribution >= 0.6 is 15.9 Å². The molecule has 0 unspecified atom stereocenters. The number of aromatic carboxylic acids is 1. The second-order valence-electron chi connectivity index (χ2n) is 4.75. The Bertz CT molecular complexity index is 621. The summed E-state index contributed by atoms with van der Waals surface area (Å²) in [6.07, 6.45) is 0. The van der Waals surface area contributed by atoms with Gasteiger partial charge in [-0.1, -0.05) is 34.1 Å². The van der Waals surface area contributed by atoms with Crippen LogP contribution in [0.25, 0.3) is 0 Å². The van der Waals surface area contributed by atoms with E-state index >= 15 is 0 Å². The predicted octanol–water partition coefficient (Wildman–Crippen LogP) is 3.68. The average Bonchev–Trinajstić information content (AvgIpc) is 2.73. The van der Waals surface area contributed by atoms with Crippen molar-refractivity contribution in [3.63, 3.8) is 0 Å². The molecule has 0 atom stereocenters. The topological polar surface area (TPSA) is 53.7 Å². The van der Waals surface area contributed by atoms with Gasteiger partial charge in [-0.25, -0.2) is 4.79 Å². The molecule has 1 heterocycles. The smallest absolute Gasteiger partial charge is 0.339 e. The van der Waals surface area contributed by atoms with Gasteiger partial charge in [0.25, 0.3) is 0 Å². The lowest BCUT2D eigenvalue weighted by molar-refractivity contribution is 0.0695. The molecule has 0 radical (unpaired) electrons. The molecule has 5 heteroatoms. The fourth-order valence-corrected chi connectivity index (χ4v) is 2.48. The molecule has 0 aliphatic carbocycles. The van der Waals surface area contributed by atoms with Crippen molar-refractivity contribution in [2.75, 3.05) is 7.05 Å². The molecule has 0 saturated heterocycles. The van der Waals surface area contributed by atoms with Crippen LogP contribution in [0.3, 0.4) is 0 Å². The zero-order chi connectivity index (χ0) is 14.7. The highest BCUT2D eigenvalue weighted by molar-refractivity contribution is 9.10. The first-order chi connectivity index (χ1) is 9.47. The molecule has 20 heavy (non-hydrogen) atoms. The van der Waals surface area contributed by atoms with Gasteiger partial charge in [0.05, 0.1) is 6.54 Å². The first-order valence-electron chi connectivity index (χ1n) is 6.22. The van der Waals surface area contributed by atoms with Crippen LogP contribution < -0.4 is 0 Å².